The number of carbonyl (C=O) groups excluding carboxylic acids is 1. The van der Waals surface area contributed by atoms with Crippen LogP contribution in [0.25, 0.3) is 0 Å². The standard InChI is InChI=1S/C23H24N4O7/c28-17-12-21(29)19(22(13-17)34-18-5-3-16(4-6-18)27(31)32)14-26-10-1-2-15(26)7-9-24-23(30)20-8-11-33-25-20/h3-6,8,11-13,15,28-29H,1-2,7,9-10,14H2,(H,24,30). The van der Waals surface area contributed by atoms with E-state index >= 15 is 0 Å². The van der Waals surface area contributed by atoms with Crippen molar-refractivity contribution in [2.75, 3.05) is 13.1 Å². The lowest BCUT2D eigenvalue weighted by Crippen LogP contribution is -2.34. The van der Waals surface area contributed by atoms with Gasteiger partial charge in [-0.05, 0) is 37.9 Å². The molecule has 1 aromatic heterocycles. The fourth-order valence-corrected chi connectivity index (χ4v) is 4.04. The zero-order valence-electron chi connectivity index (χ0n) is 18.2. The fraction of sp³-hybridized carbons (Fsp3) is 0.304. The summed E-state index contributed by atoms with van der Waals surface area (Å²) in [5, 5.41) is 37.8. The molecule has 1 aliphatic rings. The molecule has 1 aliphatic heterocycles. The average Bonchev–Trinajstić information content (AvgIpc) is 3.49. The molecule has 1 unspecified atom stereocenters. The lowest BCUT2D eigenvalue weighted by atomic mass is 10.1. The van der Waals surface area contributed by atoms with Gasteiger partial charge in [0.1, 0.15) is 29.3 Å². The number of rotatable bonds is 9. The Balaban J connectivity index is 1.43. The molecular weight excluding hydrogens is 444 g/mol. The highest BCUT2D eigenvalue weighted by molar-refractivity contribution is 5.91. The molecule has 0 spiro atoms. The first kappa shape index (κ1) is 23.1. The number of ether oxygens (including phenoxy) is 1. The molecule has 34 heavy (non-hydrogen) atoms. The molecule has 1 fully saturated rings. The molecule has 11 heteroatoms. The number of aromatic hydroxyl groups is 2. The van der Waals surface area contributed by atoms with Gasteiger partial charge in [-0.3, -0.25) is 19.8 Å². The van der Waals surface area contributed by atoms with E-state index in [1.807, 2.05) is 0 Å². The molecule has 2 heterocycles. The van der Waals surface area contributed by atoms with Crippen LogP contribution in [0.15, 0.2) is 53.3 Å². The topological polar surface area (TPSA) is 151 Å². The summed E-state index contributed by atoms with van der Waals surface area (Å²) in [6.07, 6.45) is 3.96. The SMILES string of the molecule is O=C(NCCC1CCCN1Cc1c(O)cc(O)cc1Oc1ccc([N+](=O)[O-])cc1)c1ccon1. The normalized spacial score (nSPS) is 15.8. The summed E-state index contributed by atoms with van der Waals surface area (Å²) in [4.78, 5) is 24.6. The molecule has 1 amide bonds. The van der Waals surface area contributed by atoms with Gasteiger partial charge in [-0.1, -0.05) is 5.16 Å². The molecular formula is C23H24N4O7. The van der Waals surface area contributed by atoms with Gasteiger partial charge in [0.15, 0.2) is 5.69 Å². The summed E-state index contributed by atoms with van der Waals surface area (Å²) in [5.74, 6) is 0.0311. The Hall–Kier alpha value is -4.12. The minimum atomic E-state index is -0.503. The number of benzene rings is 2. The van der Waals surface area contributed by atoms with Gasteiger partial charge in [0.25, 0.3) is 11.6 Å². The number of likely N-dealkylation sites (tertiary alicyclic amines) is 1. The molecule has 178 valence electrons. The van der Waals surface area contributed by atoms with E-state index in [-0.39, 0.29) is 40.6 Å². The van der Waals surface area contributed by atoms with Crippen molar-refractivity contribution in [3.63, 3.8) is 0 Å². The van der Waals surface area contributed by atoms with Gasteiger partial charge in [-0.2, -0.15) is 0 Å². The Labute approximate surface area is 194 Å². The van der Waals surface area contributed by atoms with E-state index < -0.39 is 4.92 Å². The average molecular weight is 468 g/mol. The van der Waals surface area contributed by atoms with Crippen LogP contribution in [0.3, 0.4) is 0 Å². The van der Waals surface area contributed by atoms with Gasteiger partial charge in [0, 0.05) is 49.5 Å². The van der Waals surface area contributed by atoms with Gasteiger partial charge in [-0.15, -0.1) is 0 Å². The maximum atomic E-state index is 12.0. The first-order valence-corrected chi connectivity index (χ1v) is 10.8. The van der Waals surface area contributed by atoms with Crippen molar-refractivity contribution in [3.05, 3.63) is 70.1 Å². The van der Waals surface area contributed by atoms with Crippen LogP contribution in [-0.4, -0.2) is 50.2 Å². The maximum absolute atomic E-state index is 12.0. The number of phenolic OH excluding ortho intramolecular Hbond substituents is 2. The number of nitrogens with one attached hydrogen (secondary N) is 1. The highest BCUT2D eigenvalue weighted by Crippen LogP contribution is 2.38. The predicted octanol–water partition coefficient (Wildman–Crippen LogP) is 3.57. The van der Waals surface area contributed by atoms with E-state index in [9.17, 15) is 25.1 Å². The molecule has 0 aliphatic carbocycles. The van der Waals surface area contributed by atoms with E-state index in [4.69, 9.17) is 4.74 Å². The quantitative estimate of drug-likeness (QED) is 0.316. The summed E-state index contributed by atoms with van der Waals surface area (Å²) < 4.78 is 10.5. The molecule has 3 N–H and O–H groups in total. The Kier molecular flexibility index (Phi) is 6.93. The number of nitro benzene ring substituents is 1. The van der Waals surface area contributed by atoms with Crippen LogP contribution in [0.1, 0.15) is 35.3 Å². The maximum Gasteiger partial charge on any atom is 0.273 e. The van der Waals surface area contributed by atoms with E-state index in [0.717, 1.165) is 19.4 Å². The largest absolute Gasteiger partial charge is 0.508 e. The number of phenols is 2. The number of hydrogen-bond acceptors (Lipinski definition) is 9. The van der Waals surface area contributed by atoms with E-state index in [2.05, 4.69) is 19.9 Å². The summed E-state index contributed by atoms with van der Waals surface area (Å²) in [7, 11) is 0. The van der Waals surface area contributed by atoms with Gasteiger partial charge in [0.2, 0.25) is 0 Å². The molecule has 1 saturated heterocycles. The summed E-state index contributed by atoms with van der Waals surface area (Å²) >= 11 is 0. The molecule has 0 radical (unpaired) electrons. The number of amides is 1. The second kappa shape index (κ2) is 10.2. The number of nitrogens with zero attached hydrogens (tertiary/aromatic N) is 3. The Morgan fingerprint density at radius 1 is 1.26 bits per heavy atom. The highest BCUT2D eigenvalue weighted by atomic mass is 16.6. The molecule has 1 atom stereocenters. The van der Waals surface area contributed by atoms with Crippen molar-refractivity contribution in [3.8, 4) is 23.0 Å². The molecule has 11 nitrogen and oxygen atoms in total. The monoisotopic (exact) mass is 468 g/mol. The lowest BCUT2D eigenvalue weighted by molar-refractivity contribution is -0.384. The lowest BCUT2D eigenvalue weighted by Gasteiger charge is -2.26. The third-order valence-electron chi connectivity index (χ3n) is 5.74. The Morgan fingerprint density at radius 2 is 2.06 bits per heavy atom. The van der Waals surface area contributed by atoms with Crippen LogP contribution >= 0.6 is 0 Å². The summed E-state index contributed by atoms with van der Waals surface area (Å²) in [6.45, 7) is 1.64. The number of carbonyl (C=O) groups is 1. The van der Waals surface area contributed by atoms with E-state index in [0.29, 0.717) is 30.8 Å². The molecule has 3 aromatic rings. The predicted molar refractivity (Wildman–Crippen MR) is 120 cm³/mol. The summed E-state index contributed by atoms with van der Waals surface area (Å²) in [5.41, 5.74) is 0.655. The smallest absolute Gasteiger partial charge is 0.273 e. The van der Waals surface area contributed by atoms with Crippen molar-refractivity contribution in [1.29, 1.82) is 0 Å². The fourth-order valence-electron chi connectivity index (χ4n) is 4.04. The van der Waals surface area contributed by atoms with Gasteiger partial charge in [-0.25, -0.2) is 0 Å². The zero-order valence-corrected chi connectivity index (χ0v) is 18.2. The first-order valence-electron chi connectivity index (χ1n) is 10.8. The molecule has 0 saturated carbocycles. The second-order valence-corrected chi connectivity index (χ2v) is 7.99. The van der Waals surface area contributed by atoms with Gasteiger partial charge >= 0.3 is 0 Å². The third kappa shape index (κ3) is 5.44. The minimum Gasteiger partial charge on any atom is -0.508 e. The molecule has 4 rings (SSSR count). The van der Waals surface area contributed by atoms with E-state index in [1.165, 1.54) is 48.7 Å². The number of hydrogen-bond donors (Lipinski definition) is 3. The van der Waals surface area contributed by atoms with Crippen LogP contribution in [-0.2, 0) is 6.54 Å². The van der Waals surface area contributed by atoms with Crippen molar-refractivity contribution < 1.29 is 29.2 Å². The van der Waals surface area contributed by atoms with Crippen molar-refractivity contribution in [2.24, 2.45) is 0 Å². The van der Waals surface area contributed by atoms with Gasteiger partial charge in [0.05, 0.1) is 10.5 Å². The van der Waals surface area contributed by atoms with Crippen LogP contribution in [0.4, 0.5) is 5.69 Å². The van der Waals surface area contributed by atoms with Crippen LogP contribution in [0, 0.1) is 10.1 Å². The van der Waals surface area contributed by atoms with E-state index in [1.54, 1.807) is 0 Å². The van der Waals surface area contributed by atoms with Crippen LogP contribution < -0.4 is 10.1 Å². The zero-order chi connectivity index (χ0) is 24.1. The van der Waals surface area contributed by atoms with Crippen molar-refractivity contribution >= 4 is 11.6 Å². The summed E-state index contributed by atoms with van der Waals surface area (Å²) in [6, 6.07) is 9.89. The number of aromatic nitrogens is 1. The minimum absolute atomic E-state index is 0.0677. The second-order valence-electron chi connectivity index (χ2n) is 7.99. The van der Waals surface area contributed by atoms with Crippen LogP contribution in [0.5, 0.6) is 23.0 Å². The van der Waals surface area contributed by atoms with Crippen molar-refractivity contribution in [2.45, 2.75) is 31.8 Å². The van der Waals surface area contributed by atoms with Crippen molar-refractivity contribution in [1.82, 2.24) is 15.4 Å². The van der Waals surface area contributed by atoms with Gasteiger partial charge < -0.3 is 24.8 Å². The molecule has 0 bridgehead atoms. The third-order valence-corrected chi connectivity index (χ3v) is 5.74. The highest BCUT2D eigenvalue weighted by Gasteiger charge is 2.27. The Morgan fingerprint density at radius 3 is 2.76 bits per heavy atom. The van der Waals surface area contributed by atoms with Crippen LogP contribution in [0.2, 0.25) is 0 Å². The number of nitro groups is 1. The molecule has 2 aromatic carbocycles. The first-order chi connectivity index (χ1) is 16.4. The number of non-ortho nitro benzene ring substituents is 1. The Bertz CT molecular complexity index is 1150.